The Balaban J connectivity index is 1.11. The molecule has 0 bridgehead atoms. The molecule has 7 nitrogen and oxygen atoms in total. The Morgan fingerprint density at radius 3 is 1.02 bits per heavy atom. The molecule has 0 radical (unpaired) electrons. The quantitative estimate of drug-likeness (QED) is 0.143. The molecular formula is C55H35N7. The first-order valence-electron chi connectivity index (χ1n) is 20.3. The smallest absolute Gasteiger partial charge is 0.164 e. The summed E-state index contributed by atoms with van der Waals surface area (Å²) in [5.74, 6) is 3.49. The largest absolute Gasteiger partial charge is 0.208 e. The van der Waals surface area contributed by atoms with Crippen LogP contribution in [0.2, 0.25) is 0 Å². The Bertz CT molecular complexity index is 3150. The molecule has 2 aromatic heterocycles. The highest BCUT2D eigenvalue weighted by molar-refractivity contribution is 5.89. The van der Waals surface area contributed by atoms with Gasteiger partial charge >= 0.3 is 0 Å². The van der Waals surface area contributed by atoms with E-state index in [0.717, 1.165) is 66.8 Å². The molecule has 10 rings (SSSR count). The zero-order chi connectivity index (χ0) is 41.7. The zero-order valence-corrected chi connectivity index (χ0v) is 33.3. The van der Waals surface area contributed by atoms with E-state index in [1.807, 2.05) is 158 Å². The Labute approximate surface area is 359 Å². The van der Waals surface area contributed by atoms with Crippen molar-refractivity contribution in [1.29, 1.82) is 5.26 Å². The van der Waals surface area contributed by atoms with Crippen LogP contribution in [0.25, 0.3) is 102 Å². The highest BCUT2D eigenvalue weighted by Gasteiger charge is 2.20. The third-order valence-corrected chi connectivity index (χ3v) is 10.7. The first-order valence-corrected chi connectivity index (χ1v) is 20.3. The van der Waals surface area contributed by atoms with Crippen LogP contribution < -0.4 is 0 Å². The molecule has 0 unspecified atom stereocenters. The molecule has 0 aliphatic heterocycles. The van der Waals surface area contributed by atoms with Gasteiger partial charge in [-0.25, -0.2) is 29.9 Å². The summed E-state index contributed by atoms with van der Waals surface area (Å²) in [6.45, 7) is 0. The van der Waals surface area contributed by atoms with Gasteiger partial charge in [-0.1, -0.05) is 188 Å². The normalized spacial score (nSPS) is 10.9. The number of hydrogen-bond donors (Lipinski definition) is 0. The van der Waals surface area contributed by atoms with Gasteiger partial charge in [0.05, 0.1) is 11.6 Å². The second-order valence-corrected chi connectivity index (χ2v) is 14.6. The maximum atomic E-state index is 9.27. The standard InChI is InChI=1S/C55H35N7/c56-36-37-25-27-38(28-26-37)39-29-31-44(32-30-39)53-58-52(43-21-11-4-12-22-43)59-54(62-53)47-24-14-13-23-46(47)45-33-34-48(49(35-45)40-15-5-1-6-16-40)55-60-50(41-17-7-2-8-18-41)57-51(61-55)42-19-9-3-10-20-42/h1-35H. The van der Waals surface area contributed by atoms with Crippen molar-refractivity contribution < 1.29 is 0 Å². The minimum atomic E-state index is 0.559. The molecule has 290 valence electrons. The van der Waals surface area contributed by atoms with Crippen molar-refractivity contribution in [3.05, 3.63) is 218 Å². The summed E-state index contributed by atoms with van der Waals surface area (Å²) in [6.07, 6.45) is 0. The van der Waals surface area contributed by atoms with Crippen molar-refractivity contribution in [1.82, 2.24) is 29.9 Å². The van der Waals surface area contributed by atoms with Crippen molar-refractivity contribution in [3.8, 4) is 108 Å². The maximum absolute atomic E-state index is 9.27. The van der Waals surface area contributed by atoms with E-state index in [1.54, 1.807) is 0 Å². The van der Waals surface area contributed by atoms with Gasteiger partial charge in [0.2, 0.25) is 0 Å². The van der Waals surface area contributed by atoms with Gasteiger partial charge < -0.3 is 0 Å². The lowest BCUT2D eigenvalue weighted by Crippen LogP contribution is -2.02. The highest BCUT2D eigenvalue weighted by atomic mass is 15.0. The Morgan fingerprint density at radius 1 is 0.242 bits per heavy atom. The number of rotatable bonds is 9. The second kappa shape index (κ2) is 16.9. The van der Waals surface area contributed by atoms with E-state index in [-0.39, 0.29) is 0 Å². The Morgan fingerprint density at radius 2 is 0.565 bits per heavy atom. The first-order chi connectivity index (χ1) is 30.7. The van der Waals surface area contributed by atoms with Crippen molar-refractivity contribution >= 4 is 0 Å². The third kappa shape index (κ3) is 7.75. The molecule has 0 amide bonds. The third-order valence-electron chi connectivity index (χ3n) is 10.7. The van der Waals surface area contributed by atoms with Crippen LogP contribution in [0, 0.1) is 11.3 Å². The maximum Gasteiger partial charge on any atom is 0.164 e. The molecule has 2 heterocycles. The molecule has 0 saturated carbocycles. The topological polar surface area (TPSA) is 101 Å². The van der Waals surface area contributed by atoms with Crippen LogP contribution in [0.5, 0.6) is 0 Å². The minimum absolute atomic E-state index is 0.559. The lowest BCUT2D eigenvalue weighted by molar-refractivity contribution is 1.07. The number of nitriles is 1. The van der Waals surface area contributed by atoms with Crippen molar-refractivity contribution in [2.75, 3.05) is 0 Å². The van der Waals surface area contributed by atoms with Crippen LogP contribution >= 0.6 is 0 Å². The van der Waals surface area contributed by atoms with E-state index in [0.29, 0.717) is 40.5 Å². The number of nitrogens with zero attached hydrogens (tertiary/aromatic N) is 7. The van der Waals surface area contributed by atoms with Gasteiger partial charge in [0, 0.05) is 33.4 Å². The van der Waals surface area contributed by atoms with Crippen LogP contribution in [-0.2, 0) is 0 Å². The lowest BCUT2D eigenvalue weighted by Gasteiger charge is -2.16. The average molecular weight is 794 g/mol. The van der Waals surface area contributed by atoms with Crippen LogP contribution in [0.3, 0.4) is 0 Å². The molecule has 0 fully saturated rings. The number of aromatic nitrogens is 6. The van der Waals surface area contributed by atoms with Crippen LogP contribution in [0.1, 0.15) is 5.56 Å². The fraction of sp³-hybridized carbons (Fsp3) is 0. The summed E-state index contributed by atoms with van der Waals surface area (Å²) >= 11 is 0. The molecule has 7 heteroatoms. The molecule has 0 saturated heterocycles. The van der Waals surface area contributed by atoms with Crippen LogP contribution in [0.4, 0.5) is 0 Å². The SMILES string of the molecule is N#Cc1ccc(-c2ccc(-c3nc(-c4ccccc4)nc(-c4ccccc4-c4ccc(-c5nc(-c6ccccc6)nc(-c6ccccc6)n5)c(-c5ccccc5)c4)n3)cc2)cc1. The summed E-state index contributed by atoms with van der Waals surface area (Å²) in [5, 5.41) is 9.27. The molecule has 0 aliphatic rings. The van der Waals surface area contributed by atoms with Crippen molar-refractivity contribution in [3.63, 3.8) is 0 Å². The van der Waals surface area contributed by atoms with Crippen molar-refractivity contribution in [2.24, 2.45) is 0 Å². The number of hydrogen-bond acceptors (Lipinski definition) is 7. The van der Waals surface area contributed by atoms with E-state index in [4.69, 9.17) is 29.9 Å². The minimum Gasteiger partial charge on any atom is -0.208 e. The van der Waals surface area contributed by atoms with E-state index in [2.05, 4.69) is 60.7 Å². The monoisotopic (exact) mass is 793 g/mol. The predicted octanol–water partition coefficient (Wildman–Crippen LogP) is 12.9. The summed E-state index contributed by atoms with van der Waals surface area (Å²) in [7, 11) is 0. The fourth-order valence-electron chi connectivity index (χ4n) is 7.51. The molecule has 0 aliphatic carbocycles. The summed E-state index contributed by atoms with van der Waals surface area (Å²) in [5.41, 5.74) is 12.0. The molecule has 62 heavy (non-hydrogen) atoms. The van der Waals surface area contributed by atoms with Gasteiger partial charge in [0.15, 0.2) is 34.9 Å². The Kier molecular flexibility index (Phi) is 10.2. The predicted molar refractivity (Wildman–Crippen MR) is 247 cm³/mol. The van der Waals surface area contributed by atoms with Gasteiger partial charge in [0.1, 0.15) is 0 Å². The lowest BCUT2D eigenvalue weighted by atomic mass is 9.92. The Hall–Kier alpha value is -8.73. The van der Waals surface area contributed by atoms with E-state index < -0.39 is 0 Å². The fourth-order valence-corrected chi connectivity index (χ4v) is 7.51. The highest BCUT2D eigenvalue weighted by Crippen LogP contribution is 2.39. The second-order valence-electron chi connectivity index (χ2n) is 14.6. The van der Waals surface area contributed by atoms with Crippen LogP contribution in [-0.4, -0.2) is 29.9 Å². The summed E-state index contributed by atoms with van der Waals surface area (Å²) < 4.78 is 0. The first kappa shape index (κ1) is 37.5. The molecule has 0 N–H and O–H groups in total. The van der Waals surface area contributed by atoms with E-state index >= 15 is 0 Å². The van der Waals surface area contributed by atoms with Crippen molar-refractivity contribution in [2.45, 2.75) is 0 Å². The van der Waals surface area contributed by atoms with E-state index in [1.165, 1.54) is 0 Å². The van der Waals surface area contributed by atoms with Gasteiger partial charge in [0.25, 0.3) is 0 Å². The molecular weight excluding hydrogens is 759 g/mol. The zero-order valence-electron chi connectivity index (χ0n) is 33.3. The van der Waals surface area contributed by atoms with E-state index in [9.17, 15) is 5.26 Å². The summed E-state index contributed by atoms with van der Waals surface area (Å²) in [6, 6.07) is 73.0. The molecule has 10 aromatic rings. The number of benzene rings is 8. The average Bonchev–Trinajstić information content (AvgIpc) is 3.37. The summed E-state index contributed by atoms with van der Waals surface area (Å²) in [4.78, 5) is 30.4. The molecule has 8 aromatic carbocycles. The van der Waals surface area contributed by atoms with Gasteiger partial charge in [-0.15, -0.1) is 0 Å². The molecule has 0 spiro atoms. The van der Waals surface area contributed by atoms with Gasteiger partial charge in [-0.3, -0.25) is 0 Å². The van der Waals surface area contributed by atoms with Crippen LogP contribution in [0.15, 0.2) is 212 Å². The van der Waals surface area contributed by atoms with Gasteiger partial charge in [-0.05, 0) is 57.6 Å². The van der Waals surface area contributed by atoms with Gasteiger partial charge in [-0.2, -0.15) is 5.26 Å². The molecule has 0 atom stereocenters.